The Hall–Kier alpha value is -2.32. The van der Waals surface area contributed by atoms with Crippen LogP contribution in [0.25, 0.3) is 0 Å². The van der Waals surface area contributed by atoms with Crippen LogP contribution in [-0.2, 0) is 18.4 Å². The minimum atomic E-state index is -4.36. The zero-order valence-corrected chi connectivity index (χ0v) is 47.1. The first-order valence-corrected chi connectivity index (χ1v) is 30.5. The summed E-state index contributed by atoms with van der Waals surface area (Å²) in [5.74, 6) is -0.187. The van der Waals surface area contributed by atoms with E-state index in [1.165, 1.54) is 141 Å². The van der Waals surface area contributed by atoms with Crippen LogP contribution in [0.15, 0.2) is 85.1 Å². The molecule has 0 radical (unpaired) electrons. The molecule has 0 saturated carbocycles. The number of unbranched alkanes of at least 4 members (excludes halogenated alkanes) is 27. The normalized spacial score (nSPS) is 14.6. The first kappa shape index (κ1) is 67.7. The standard InChI is InChI=1S/C61H111N2O6P/c1-6-8-10-12-14-16-18-20-22-24-26-28-29-30-31-32-33-35-37-39-41-43-45-47-49-51-53-55-61(65)62-59(58-69-70(66,67)68-57-56-63(3,4)5)60(64)54-52-50-48-46-44-42-40-38-36-34-27-25-23-21-19-17-15-13-11-9-7-2/h8,10,14,16,20,22,26,28,30-31,33,35,52,54,59-60,64H,6-7,9,11-13,15,17-19,21,23-25,27,29,32,34,36-51,53,55-58H2,1-5H3,(H-,62,65,66,67)/p+1/b10-8-,16-14-,22-20-,28-26-,31-30-,35-33-,54-52+. The number of hydrogen-bond acceptors (Lipinski definition) is 5. The molecule has 0 fully saturated rings. The van der Waals surface area contributed by atoms with Crippen LogP contribution in [0.4, 0.5) is 0 Å². The third kappa shape index (κ3) is 53.5. The molecule has 0 heterocycles. The average Bonchev–Trinajstić information content (AvgIpc) is 3.32. The summed E-state index contributed by atoms with van der Waals surface area (Å²) in [5, 5.41) is 13.9. The molecule has 3 unspecified atom stereocenters. The van der Waals surface area contributed by atoms with E-state index in [1.807, 2.05) is 27.2 Å². The second-order valence-electron chi connectivity index (χ2n) is 20.6. The fourth-order valence-electron chi connectivity index (χ4n) is 8.10. The Morgan fingerprint density at radius 3 is 1.26 bits per heavy atom. The van der Waals surface area contributed by atoms with Gasteiger partial charge in [-0.3, -0.25) is 13.8 Å². The van der Waals surface area contributed by atoms with Crippen molar-refractivity contribution in [1.82, 2.24) is 5.32 Å². The summed E-state index contributed by atoms with van der Waals surface area (Å²) in [6.07, 6.45) is 72.4. The highest BCUT2D eigenvalue weighted by molar-refractivity contribution is 7.47. The van der Waals surface area contributed by atoms with Crippen molar-refractivity contribution in [3.05, 3.63) is 85.1 Å². The van der Waals surface area contributed by atoms with E-state index in [0.717, 1.165) is 83.5 Å². The molecular formula is C61H112N2O6P+. The maximum Gasteiger partial charge on any atom is 0.472 e. The van der Waals surface area contributed by atoms with Gasteiger partial charge in [-0.15, -0.1) is 0 Å². The SMILES string of the molecule is CC/C=C\C/C=C\C/C=C\C/C=C\C/C=C\C/C=C\CCCCCCCCCCC(=O)NC(COP(=O)(O)OCC[N+](C)(C)C)C(O)/C=C/CCCCCCCCCCCCCCCCCCCCC. The van der Waals surface area contributed by atoms with Crippen LogP contribution in [0.5, 0.6) is 0 Å². The number of rotatable bonds is 52. The van der Waals surface area contributed by atoms with E-state index in [1.54, 1.807) is 6.08 Å². The van der Waals surface area contributed by atoms with E-state index >= 15 is 0 Å². The Morgan fingerprint density at radius 2 is 0.857 bits per heavy atom. The summed E-state index contributed by atoms with van der Waals surface area (Å²) in [6, 6.07) is -0.857. The maximum atomic E-state index is 13.0. The molecule has 0 saturated heterocycles. The van der Waals surface area contributed by atoms with Crippen LogP contribution in [0.2, 0.25) is 0 Å². The number of quaternary nitrogens is 1. The van der Waals surface area contributed by atoms with Gasteiger partial charge < -0.3 is 19.8 Å². The molecule has 3 atom stereocenters. The smallest absolute Gasteiger partial charge is 0.387 e. The molecule has 406 valence electrons. The van der Waals surface area contributed by atoms with Gasteiger partial charge in [0.05, 0.1) is 39.9 Å². The fourth-order valence-corrected chi connectivity index (χ4v) is 8.84. The van der Waals surface area contributed by atoms with Crippen molar-refractivity contribution in [2.24, 2.45) is 0 Å². The maximum absolute atomic E-state index is 13.0. The van der Waals surface area contributed by atoms with Gasteiger partial charge in [-0.2, -0.15) is 0 Å². The number of carbonyl (C=O) groups is 1. The van der Waals surface area contributed by atoms with Crippen LogP contribution in [0.3, 0.4) is 0 Å². The fraction of sp³-hybridized carbons (Fsp3) is 0.754. The predicted molar refractivity (Wildman–Crippen MR) is 304 cm³/mol. The first-order chi connectivity index (χ1) is 34.0. The average molecular weight is 1000 g/mol. The summed E-state index contributed by atoms with van der Waals surface area (Å²) in [6.45, 7) is 4.71. The van der Waals surface area contributed by atoms with Crippen LogP contribution in [0, 0.1) is 0 Å². The molecule has 0 rings (SSSR count). The zero-order chi connectivity index (χ0) is 51.3. The van der Waals surface area contributed by atoms with Gasteiger partial charge in [-0.25, -0.2) is 4.57 Å². The Kier molecular flexibility index (Phi) is 49.9. The number of aliphatic hydroxyl groups excluding tert-OH is 1. The van der Waals surface area contributed by atoms with Gasteiger partial charge in [0, 0.05) is 6.42 Å². The number of likely N-dealkylation sites (N-methyl/N-ethyl adjacent to an activating group) is 1. The highest BCUT2D eigenvalue weighted by atomic mass is 31.2. The number of nitrogens with one attached hydrogen (secondary N) is 1. The molecule has 9 heteroatoms. The lowest BCUT2D eigenvalue weighted by Gasteiger charge is -2.25. The number of carbonyl (C=O) groups excluding carboxylic acids is 1. The van der Waals surface area contributed by atoms with Crippen molar-refractivity contribution in [2.75, 3.05) is 40.9 Å². The Bertz CT molecular complexity index is 1410. The summed E-state index contributed by atoms with van der Waals surface area (Å²) in [4.78, 5) is 23.3. The molecule has 0 aromatic rings. The molecule has 0 bridgehead atoms. The molecule has 70 heavy (non-hydrogen) atoms. The van der Waals surface area contributed by atoms with E-state index in [0.29, 0.717) is 17.4 Å². The van der Waals surface area contributed by atoms with Gasteiger partial charge >= 0.3 is 7.82 Å². The molecular weight excluding hydrogens is 888 g/mol. The Labute approximate surface area is 433 Å². The summed E-state index contributed by atoms with van der Waals surface area (Å²) >= 11 is 0. The monoisotopic (exact) mass is 1000 g/mol. The molecule has 0 aliphatic heterocycles. The van der Waals surface area contributed by atoms with Crippen LogP contribution in [-0.4, -0.2) is 73.4 Å². The van der Waals surface area contributed by atoms with Crippen molar-refractivity contribution < 1.29 is 32.9 Å². The largest absolute Gasteiger partial charge is 0.472 e. The molecule has 0 aliphatic rings. The second-order valence-corrected chi connectivity index (χ2v) is 22.1. The van der Waals surface area contributed by atoms with Gasteiger partial charge in [-0.1, -0.05) is 253 Å². The molecule has 3 N–H and O–H groups in total. The highest BCUT2D eigenvalue weighted by Gasteiger charge is 2.27. The number of amides is 1. The van der Waals surface area contributed by atoms with Crippen LogP contribution >= 0.6 is 7.82 Å². The van der Waals surface area contributed by atoms with Gasteiger partial charge in [0.1, 0.15) is 13.2 Å². The van der Waals surface area contributed by atoms with Gasteiger partial charge in [0.2, 0.25) is 5.91 Å². The number of phosphoric acid groups is 1. The quantitative estimate of drug-likeness (QED) is 0.0243. The highest BCUT2D eigenvalue weighted by Crippen LogP contribution is 2.43. The van der Waals surface area contributed by atoms with E-state index < -0.39 is 20.0 Å². The minimum absolute atomic E-state index is 0.0561. The molecule has 0 aromatic carbocycles. The van der Waals surface area contributed by atoms with Crippen molar-refractivity contribution in [1.29, 1.82) is 0 Å². The van der Waals surface area contributed by atoms with Crippen molar-refractivity contribution >= 4 is 13.7 Å². The van der Waals surface area contributed by atoms with Gasteiger partial charge in [0.25, 0.3) is 0 Å². The molecule has 0 aliphatic carbocycles. The van der Waals surface area contributed by atoms with Gasteiger partial charge in [0.15, 0.2) is 0 Å². The van der Waals surface area contributed by atoms with Crippen LogP contribution in [0.1, 0.15) is 245 Å². The molecule has 0 spiro atoms. The third-order valence-corrected chi connectivity index (χ3v) is 13.6. The Balaban J connectivity index is 4.26. The lowest BCUT2D eigenvalue weighted by atomic mass is 10.0. The number of allylic oxidation sites excluding steroid dienone is 13. The number of aliphatic hydroxyl groups is 1. The summed E-state index contributed by atoms with van der Waals surface area (Å²) in [7, 11) is 1.56. The number of phosphoric ester groups is 1. The second kappa shape index (κ2) is 51.6. The topological polar surface area (TPSA) is 105 Å². The van der Waals surface area contributed by atoms with E-state index in [-0.39, 0.29) is 19.1 Å². The minimum Gasteiger partial charge on any atom is -0.387 e. The van der Waals surface area contributed by atoms with Crippen molar-refractivity contribution in [2.45, 2.75) is 257 Å². The van der Waals surface area contributed by atoms with E-state index in [4.69, 9.17) is 9.05 Å². The first-order valence-electron chi connectivity index (χ1n) is 29.0. The van der Waals surface area contributed by atoms with Crippen molar-refractivity contribution in [3.8, 4) is 0 Å². The van der Waals surface area contributed by atoms with Crippen molar-refractivity contribution in [3.63, 3.8) is 0 Å². The Morgan fingerprint density at radius 1 is 0.500 bits per heavy atom. The van der Waals surface area contributed by atoms with E-state index in [9.17, 15) is 19.4 Å². The molecule has 8 nitrogen and oxygen atoms in total. The molecule has 0 aromatic heterocycles. The summed E-state index contributed by atoms with van der Waals surface area (Å²) in [5.41, 5.74) is 0. The third-order valence-electron chi connectivity index (χ3n) is 12.6. The number of hydrogen-bond donors (Lipinski definition) is 3. The zero-order valence-electron chi connectivity index (χ0n) is 46.2. The lowest BCUT2D eigenvalue weighted by Crippen LogP contribution is -2.45. The van der Waals surface area contributed by atoms with Crippen LogP contribution < -0.4 is 5.32 Å². The number of nitrogens with zero attached hydrogens (tertiary/aromatic N) is 1. The molecule has 1 amide bonds. The lowest BCUT2D eigenvalue weighted by molar-refractivity contribution is -0.870. The van der Waals surface area contributed by atoms with E-state index in [2.05, 4.69) is 92.1 Å². The van der Waals surface area contributed by atoms with Gasteiger partial charge in [-0.05, 0) is 70.6 Å². The summed E-state index contributed by atoms with van der Waals surface area (Å²) < 4.78 is 23.7. The predicted octanol–water partition coefficient (Wildman–Crippen LogP) is 17.6.